The summed E-state index contributed by atoms with van der Waals surface area (Å²) in [5.41, 5.74) is 0. The molecule has 0 unspecified atom stereocenters. The zero-order valence-electron chi connectivity index (χ0n) is 11.1. The summed E-state index contributed by atoms with van der Waals surface area (Å²) in [5, 5.41) is 4.18. The second-order valence-electron chi connectivity index (χ2n) is 5.35. The number of hydrogen-bond acceptors (Lipinski definition) is 4. The molecule has 0 aromatic carbocycles. The van der Waals surface area contributed by atoms with Crippen molar-refractivity contribution in [3.8, 4) is 0 Å². The molecule has 2 atom stereocenters. The summed E-state index contributed by atoms with van der Waals surface area (Å²) in [6.07, 6.45) is 8.15. The molecule has 1 aromatic heterocycles. The number of nitrogens with zero attached hydrogens (tertiary/aromatic N) is 4. The topological polar surface area (TPSA) is 60.2 Å². The standard InChI is InChI=1S/C13H20N4O2/c18-13(7-12-4-2-6-19-12)16-5-1-3-11(8-16)17-10-14-9-15-17/h9-12H,1-8H2/t11-,12-/m0/s1. The highest BCUT2D eigenvalue weighted by atomic mass is 16.5. The molecule has 0 N–H and O–H groups in total. The van der Waals surface area contributed by atoms with Crippen LogP contribution in [0.4, 0.5) is 0 Å². The maximum atomic E-state index is 12.3. The van der Waals surface area contributed by atoms with Gasteiger partial charge in [0.15, 0.2) is 0 Å². The molecule has 0 radical (unpaired) electrons. The first-order chi connectivity index (χ1) is 9.33. The Bertz CT molecular complexity index is 414. The molecule has 1 amide bonds. The Hall–Kier alpha value is -1.43. The molecule has 0 aliphatic carbocycles. The number of ether oxygens (including phenoxy) is 1. The van der Waals surface area contributed by atoms with Crippen molar-refractivity contribution in [2.45, 2.75) is 44.2 Å². The first-order valence-electron chi connectivity index (χ1n) is 7.06. The molecular weight excluding hydrogens is 244 g/mol. The summed E-state index contributed by atoms with van der Waals surface area (Å²) in [4.78, 5) is 18.2. The molecule has 3 rings (SSSR count). The van der Waals surface area contributed by atoms with Crippen LogP contribution in [0, 0.1) is 0 Å². The van der Waals surface area contributed by atoms with Gasteiger partial charge in [0.2, 0.25) is 5.91 Å². The quantitative estimate of drug-likeness (QED) is 0.817. The van der Waals surface area contributed by atoms with Crippen LogP contribution in [-0.4, -0.2) is 51.4 Å². The predicted molar refractivity (Wildman–Crippen MR) is 68.5 cm³/mol. The number of likely N-dealkylation sites (tertiary alicyclic amines) is 1. The Labute approximate surface area is 112 Å². The van der Waals surface area contributed by atoms with Crippen LogP contribution in [0.1, 0.15) is 38.1 Å². The molecule has 0 bridgehead atoms. The average molecular weight is 264 g/mol. The lowest BCUT2D eigenvalue weighted by Gasteiger charge is -2.33. The molecule has 19 heavy (non-hydrogen) atoms. The normalized spacial score (nSPS) is 27.7. The van der Waals surface area contributed by atoms with E-state index in [1.165, 1.54) is 0 Å². The first kappa shape index (κ1) is 12.6. The van der Waals surface area contributed by atoms with E-state index in [1.807, 2.05) is 9.58 Å². The van der Waals surface area contributed by atoms with Gasteiger partial charge in [-0.25, -0.2) is 9.67 Å². The van der Waals surface area contributed by atoms with Gasteiger partial charge in [0, 0.05) is 19.7 Å². The lowest BCUT2D eigenvalue weighted by Crippen LogP contribution is -2.41. The van der Waals surface area contributed by atoms with E-state index in [2.05, 4.69) is 10.1 Å². The van der Waals surface area contributed by atoms with Crippen LogP contribution in [0.3, 0.4) is 0 Å². The Balaban J connectivity index is 1.56. The van der Waals surface area contributed by atoms with Gasteiger partial charge in [-0.15, -0.1) is 0 Å². The Morgan fingerprint density at radius 2 is 2.32 bits per heavy atom. The molecule has 104 valence electrons. The molecule has 6 heteroatoms. The largest absolute Gasteiger partial charge is 0.378 e. The van der Waals surface area contributed by atoms with Crippen LogP contribution in [0.25, 0.3) is 0 Å². The van der Waals surface area contributed by atoms with E-state index in [0.717, 1.165) is 45.4 Å². The van der Waals surface area contributed by atoms with Gasteiger partial charge >= 0.3 is 0 Å². The van der Waals surface area contributed by atoms with Gasteiger partial charge in [0.05, 0.1) is 18.6 Å². The van der Waals surface area contributed by atoms with E-state index in [-0.39, 0.29) is 18.1 Å². The minimum Gasteiger partial charge on any atom is -0.378 e. The fraction of sp³-hybridized carbons (Fsp3) is 0.769. The summed E-state index contributed by atoms with van der Waals surface area (Å²) in [6.45, 7) is 2.41. The average Bonchev–Trinajstić information content (AvgIpc) is 3.12. The maximum absolute atomic E-state index is 12.3. The first-order valence-corrected chi connectivity index (χ1v) is 7.06. The summed E-state index contributed by atoms with van der Waals surface area (Å²) >= 11 is 0. The summed E-state index contributed by atoms with van der Waals surface area (Å²) < 4.78 is 7.41. The van der Waals surface area contributed by atoms with Crippen LogP contribution >= 0.6 is 0 Å². The van der Waals surface area contributed by atoms with E-state index in [1.54, 1.807) is 12.7 Å². The minimum absolute atomic E-state index is 0.138. The molecule has 6 nitrogen and oxygen atoms in total. The lowest BCUT2D eigenvalue weighted by molar-refractivity contribution is -0.135. The van der Waals surface area contributed by atoms with Gasteiger partial charge in [-0.3, -0.25) is 4.79 Å². The number of rotatable bonds is 3. The van der Waals surface area contributed by atoms with Crippen LogP contribution < -0.4 is 0 Å². The van der Waals surface area contributed by atoms with Gasteiger partial charge in [0.25, 0.3) is 0 Å². The van der Waals surface area contributed by atoms with E-state index in [9.17, 15) is 4.79 Å². The zero-order valence-corrected chi connectivity index (χ0v) is 11.1. The third kappa shape index (κ3) is 2.94. The molecule has 1 aromatic rings. The third-order valence-electron chi connectivity index (χ3n) is 3.99. The van der Waals surface area contributed by atoms with E-state index >= 15 is 0 Å². The van der Waals surface area contributed by atoms with Crippen molar-refractivity contribution in [2.24, 2.45) is 0 Å². The molecule has 2 aliphatic heterocycles. The second-order valence-corrected chi connectivity index (χ2v) is 5.35. The summed E-state index contributed by atoms with van der Waals surface area (Å²) in [6, 6.07) is 0.268. The molecule has 0 saturated carbocycles. The Kier molecular flexibility index (Phi) is 3.77. The number of amides is 1. The molecule has 2 aliphatic rings. The maximum Gasteiger partial charge on any atom is 0.225 e. The molecule has 3 heterocycles. The van der Waals surface area contributed by atoms with E-state index in [4.69, 9.17) is 4.74 Å². The summed E-state index contributed by atoms with van der Waals surface area (Å²) in [5.74, 6) is 0.219. The van der Waals surface area contributed by atoms with Crippen molar-refractivity contribution in [3.63, 3.8) is 0 Å². The molecule has 2 saturated heterocycles. The van der Waals surface area contributed by atoms with Crippen molar-refractivity contribution in [1.29, 1.82) is 0 Å². The van der Waals surface area contributed by atoms with Crippen LogP contribution in [0.5, 0.6) is 0 Å². The van der Waals surface area contributed by atoms with Crippen molar-refractivity contribution in [2.75, 3.05) is 19.7 Å². The summed E-state index contributed by atoms with van der Waals surface area (Å²) in [7, 11) is 0. The monoisotopic (exact) mass is 264 g/mol. The van der Waals surface area contributed by atoms with Gasteiger partial charge in [0.1, 0.15) is 12.7 Å². The highest BCUT2D eigenvalue weighted by molar-refractivity contribution is 5.76. The Morgan fingerprint density at radius 1 is 1.37 bits per heavy atom. The van der Waals surface area contributed by atoms with Crippen molar-refractivity contribution in [1.82, 2.24) is 19.7 Å². The van der Waals surface area contributed by atoms with Crippen molar-refractivity contribution in [3.05, 3.63) is 12.7 Å². The predicted octanol–water partition coefficient (Wildman–Crippen LogP) is 1.01. The number of carbonyl (C=O) groups excluding carboxylic acids is 1. The molecule has 0 spiro atoms. The van der Waals surface area contributed by atoms with Gasteiger partial charge in [-0.2, -0.15) is 5.10 Å². The van der Waals surface area contributed by atoms with Crippen molar-refractivity contribution < 1.29 is 9.53 Å². The van der Waals surface area contributed by atoms with Crippen LogP contribution in [0.15, 0.2) is 12.7 Å². The fourth-order valence-corrected chi connectivity index (χ4v) is 2.93. The lowest BCUT2D eigenvalue weighted by atomic mass is 10.0. The van der Waals surface area contributed by atoms with Crippen molar-refractivity contribution >= 4 is 5.91 Å². The fourth-order valence-electron chi connectivity index (χ4n) is 2.93. The van der Waals surface area contributed by atoms with Crippen LogP contribution in [-0.2, 0) is 9.53 Å². The highest BCUT2D eigenvalue weighted by Gasteiger charge is 2.27. The number of aromatic nitrogens is 3. The van der Waals surface area contributed by atoms with Gasteiger partial charge in [-0.1, -0.05) is 0 Å². The molecular formula is C13H20N4O2. The third-order valence-corrected chi connectivity index (χ3v) is 3.99. The number of hydrogen-bond donors (Lipinski definition) is 0. The highest BCUT2D eigenvalue weighted by Crippen LogP contribution is 2.22. The van der Waals surface area contributed by atoms with E-state index in [0.29, 0.717) is 6.42 Å². The van der Waals surface area contributed by atoms with Gasteiger partial charge < -0.3 is 9.64 Å². The SMILES string of the molecule is O=C(C[C@@H]1CCCO1)N1CCC[C@H](n2cncn2)C1. The van der Waals surface area contributed by atoms with Crippen LogP contribution in [0.2, 0.25) is 0 Å². The molecule has 2 fully saturated rings. The number of piperidine rings is 1. The van der Waals surface area contributed by atoms with E-state index < -0.39 is 0 Å². The second kappa shape index (κ2) is 5.69. The minimum atomic E-state index is 0.138. The zero-order chi connectivity index (χ0) is 13.1. The van der Waals surface area contributed by atoms with Gasteiger partial charge in [-0.05, 0) is 25.7 Å². The smallest absolute Gasteiger partial charge is 0.225 e. The number of carbonyl (C=O) groups is 1. The Morgan fingerprint density at radius 3 is 3.05 bits per heavy atom.